The number of nitrogens with zero attached hydrogens (tertiary/aromatic N) is 1. The van der Waals surface area contributed by atoms with Crippen molar-refractivity contribution in [1.29, 1.82) is 0 Å². The fourth-order valence-electron chi connectivity index (χ4n) is 4.90. The Labute approximate surface area is 160 Å². The van der Waals surface area contributed by atoms with Gasteiger partial charge in [-0.15, -0.1) is 0 Å². The molecule has 3 aromatic rings. The second-order valence-electron chi connectivity index (χ2n) is 7.92. The van der Waals surface area contributed by atoms with Gasteiger partial charge in [-0.2, -0.15) is 0 Å². The van der Waals surface area contributed by atoms with Crippen LogP contribution in [0.2, 0.25) is 0 Å². The SMILES string of the molecule is CC1Oc2ccccc2-c2c(C3CCCCC3)c3ccccc3n2CC1=O. The molecule has 0 N–H and O–H groups in total. The number of carbonyl (C=O) groups excluding carboxylic acids is 1. The van der Waals surface area contributed by atoms with Crippen molar-refractivity contribution in [3.8, 4) is 17.0 Å². The van der Waals surface area contributed by atoms with Gasteiger partial charge in [-0.1, -0.05) is 49.6 Å². The monoisotopic (exact) mass is 359 g/mol. The molecule has 0 bridgehead atoms. The highest BCUT2D eigenvalue weighted by Crippen LogP contribution is 2.46. The Balaban J connectivity index is 1.85. The fourth-order valence-corrected chi connectivity index (χ4v) is 4.90. The third-order valence-electron chi connectivity index (χ3n) is 6.24. The number of ketones is 1. The molecule has 1 unspecified atom stereocenters. The molecule has 3 nitrogen and oxygen atoms in total. The van der Waals surface area contributed by atoms with E-state index in [1.807, 2.05) is 19.1 Å². The summed E-state index contributed by atoms with van der Waals surface area (Å²) in [5.41, 5.74) is 4.90. The third-order valence-corrected chi connectivity index (χ3v) is 6.24. The lowest BCUT2D eigenvalue weighted by Crippen LogP contribution is -2.29. The van der Waals surface area contributed by atoms with Crippen molar-refractivity contribution >= 4 is 16.7 Å². The van der Waals surface area contributed by atoms with Crippen molar-refractivity contribution in [3.05, 3.63) is 54.1 Å². The Morgan fingerprint density at radius 2 is 1.70 bits per heavy atom. The third kappa shape index (κ3) is 2.68. The molecule has 0 amide bonds. The van der Waals surface area contributed by atoms with Crippen LogP contribution in [0.3, 0.4) is 0 Å². The van der Waals surface area contributed by atoms with E-state index < -0.39 is 6.10 Å². The van der Waals surface area contributed by atoms with E-state index in [9.17, 15) is 4.79 Å². The summed E-state index contributed by atoms with van der Waals surface area (Å²) in [5.74, 6) is 1.50. The highest BCUT2D eigenvalue weighted by Gasteiger charge is 2.31. The Bertz CT molecular complexity index is 1010. The summed E-state index contributed by atoms with van der Waals surface area (Å²) in [4.78, 5) is 12.8. The summed E-state index contributed by atoms with van der Waals surface area (Å²) in [6.07, 6.45) is 5.94. The van der Waals surface area contributed by atoms with E-state index in [-0.39, 0.29) is 5.78 Å². The number of Topliss-reactive ketones (excluding diaryl/α,β-unsaturated/α-hetero) is 1. The molecule has 2 aromatic carbocycles. The molecule has 27 heavy (non-hydrogen) atoms. The first-order valence-corrected chi connectivity index (χ1v) is 10.1. The summed E-state index contributed by atoms with van der Waals surface area (Å²) in [6, 6.07) is 16.8. The van der Waals surface area contributed by atoms with Crippen molar-refractivity contribution in [3.63, 3.8) is 0 Å². The first-order chi connectivity index (χ1) is 13.2. The van der Waals surface area contributed by atoms with Gasteiger partial charge in [0.1, 0.15) is 5.75 Å². The molecular weight excluding hydrogens is 334 g/mol. The maximum atomic E-state index is 12.8. The minimum atomic E-state index is -0.432. The summed E-state index contributed by atoms with van der Waals surface area (Å²) < 4.78 is 8.33. The first kappa shape index (κ1) is 16.6. The predicted octanol–water partition coefficient (Wildman–Crippen LogP) is 5.71. The van der Waals surface area contributed by atoms with Gasteiger partial charge in [-0.25, -0.2) is 0 Å². The van der Waals surface area contributed by atoms with Crippen LogP contribution >= 0.6 is 0 Å². The molecule has 1 aliphatic carbocycles. The predicted molar refractivity (Wildman–Crippen MR) is 108 cm³/mol. The molecule has 3 heteroatoms. The molecule has 0 saturated heterocycles. The zero-order chi connectivity index (χ0) is 18.4. The second-order valence-corrected chi connectivity index (χ2v) is 7.92. The Kier molecular flexibility index (Phi) is 4.04. The Hall–Kier alpha value is -2.55. The number of para-hydroxylation sites is 2. The zero-order valence-corrected chi connectivity index (χ0v) is 15.8. The lowest BCUT2D eigenvalue weighted by molar-refractivity contribution is -0.125. The van der Waals surface area contributed by atoms with Crippen molar-refractivity contribution in [2.24, 2.45) is 0 Å². The van der Waals surface area contributed by atoms with Crippen LogP contribution in [0.15, 0.2) is 48.5 Å². The molecule has 1 fully saturated rings. The average molecular weight is 359 g/mol. The van der Waals surface area contributed by atoms with Crippen LogP contribution in [0.25, 0.3) is 22.2 Å². The maximum Gasteiger partial charge on any atom is 0.192 e. The van der Waals surface area contributed by atoms with Gasteiger partial charge in [0.2, 0.25) is 0 Å². The van der Waals surface area contributed by atoms with Gasteiger partial charge < -0.3 is 9.30 Å². The minimum absolute atomic E-state index is 0.127. The van der Waals surface area contributed by atoms with Gasteiger partial charge in [0.15, 0.2) is 11.9 Å². The van der Waals surface area contributed by atoms with Crippen molar-refractivity contribution < 1.29 is 9.53 Å². The molecule has 2 aliphatic rings. The van der Waals surface area contributed by atoms with E-state index >= 15 is 0 Å². The maximum absolute atomic E-state index is 12.8. The first-order valence-electron chi connectivity index (χ1n) is 10.1. The molecular formula is C24H25NO2. The molecule has 5 rings (SSSR count). The number of aromatic nitrogens is 1. The molecule has 138 valence electrons. The molecule has 1 saturated carbocycles. The van der Waals surface area contributed by atoms with E-state index in [1.165, 1.54) is 54.3 Å². The smallest absolute Gasteiger partial charge is 0.192 e. The molecule has 0 radical (unpaired) electrons. The normalized spacial score (nSPS) is 20.5. The van der Waals surface area contributed by atoms with Crippen molar-refractivity contribution in [2.45, 2.75) is 57.6 Å². The number of hydrogen-bond donors (Lipinski definition) is 0. The van der Waals surface area contributed by atoms with Gasteiger partial charge in [-0.05, 0) is 49.4 Å². The van der Waals surface area contributed by atoms with E-state index in [1.54, 1.807) is 0 Å². The minimum Gasteiger partial charge on any atom is -0.482 e. The molecule has 0 spiro atoms. The Morgan fingerprint density at radius 1 is 0.963 bits per heavy atom. The summed E-state index contributed by atoms with van der Waals surface area (Å²) in [7, 11) is 0. The van der Waals surface area contributed by atoms with Crippen LogP contribution in [0.1, 0.15) is 50.5 Å². The second kappa shape index (κ2) is 6.56. The highest BCUT2D eigenvalue weighted by atomic mass is 16.5. The fraction of sp³-hybridized carbons (Fsp3) is 0.375. The summed E-state index contributed by atoms with van der Waals surface area (Å²) in [6.45, 7) is 2.23. The molecule has 2 heterocycles. The van der Waals surface area contributed by atoms with Gasteiger partial charge >= 0.3 is 0 Å². The van der Waals surface area contributed by atoms with E-state index in [0.717, 1.165) is 11.3 Å². The van der Waals surface area contributed by atoms with Crippen LogP contribution in [0, 0.1) is 0 Å². The van der Waals surface area contributed by atoms with Crippen molar-refractivity contribution in [2.75, 3.05) is 0 Å². The lowest BCUT2D eigenvalue weighted by Gasteiger charge is -2.26. The number of carbonyl (C=O) groups is 1. The number of hydrogen-bond acceptors (Lipinski definition) is 2. The van der Waals surface area contributed by atoms with E-state index in [0.29, 0.717) is 12.5 Å². The zero-order valence-electron chi connectivity index (χ0n) is 15.8. The topological polar surface area (TPSA) is 31.2 Å². The number of ether oxygens (including phenoxy) is 1. The van der Waals surface area contributed by atoms with Crippen LogP contribution in [-0.2, 0) is 11.3 Å². The van der Waals surface area contributed by atoms with Gasteiger partial charge in [0, 0.05) is 16.5 Å². The number of benzene rings is 2. The number of fused-ring (bicyclic) bond motifs is 5. The standard InChI is InChI=1S/C24H25NO2/c1-16-21(26)15-25-20-13-7-5-11-18(20)23(17-9-3-2-4-10-17)24(25)19-12-6-8-14-22(19)27-16/h5-8,11-14,16-17H,2-4,9-10,15H2,1H3. The summed E-state index contributed by atoms with van der Waals surface area (Å²) in [5, 5.41) is 1.30. The Morgan fingerprint density at radius 3 is 2.56 bits per heavy atom. The highest BCUT2D eigenvalue weighted by molar-refractivity contribution is 5.96. The van der Waals surface area contributed by atoms with Crippen LogP contribution < -0.4 is 4.74 Å². The quantitative estimate of drug-likeness (QED) is 0.557. The van der Waals surface area contributed by atoms with Crippen LogP contribution in [-0.4, -0.2) is 16.5 Å². The van der Waals surface area contributed by atoms with E-state index in [2.05, 4.69) is 41.0 Å². The molecule has 1 aliphatic heterocycles. The van der Waals surface area contributed by atoms with Crippen LogP contribution in [0.4, 0.5) is 0 Å². The van der Waals surface area contributed by atoms with Gasteiger partial charge in [0.25, 0.3) is 0 Å². The summed E-state index contributed by atoms with van der Waals surface area (Å²) >= 11 is 0. The molecule has 1 atom stereocenters. The van der Waals surface area contributed by atoms with Gasteiger partial charge in [-0.3, -0.25) is 4.79 Å². The van der Waals surface area contributed by atoms with Crippen LogP contribution in [0.5, 0.6) is 5.75 Å². The molecule has 1 aromatic heterocycles. The van der Waals surface area contributed by atoms with Crippen molar-refractivity contribution in [1.82, 2.24) is 4.57 Å². The lowest BCUT2D eigenvalue weighted by atomic mass is 9.81. The largest absolute Gasteiger partial charge is 0.482 e. The van der Waals surface area contributed by atoms with Gasteiger partial charge in [0.05, 0.1) is 12.2 Å². The average Bonchev–Trinajstić information content (AvgIpc) is 3.02. The number of rotatable bonds is 1. The van der Waals surface area contributed by atoms with E-state index in [4.69, 9.17) is 4.74 Å².